The van der Waals surface area contributed by atoms with Gasteiger partial charge in [-0.05, 0) is 25.7 Å². The first kappa shape index (κ1) is 30.9. The van der Waals surface area contributed by atoms with Crippen LogP contribution in [0.2, 0.25) is 0 Å². The zero-order chi connectivity index (χ0) is 24.9. The van der Waals surface area contributed by atoms with E-state index in [4.69, 9.17) is 14.2 Å². The van der Waals surface area contributed by atoms with E-state index >= 15 is 0 Å². The van der Waals surface area contributed by atoms with Gasteiger partial charge in [0.05, 0.1) is 25.7 Å². The Labute approximate surface area is 208 Å². The van der Waals surface area contributed by atoms with Crippen molar-refractivity contribution in [3.05, 3.63) is 0 Å². The van der Waals surface area contributed by atoms with Gasteiger partial charge in [-0.1, -0.05) is 97.3 Å². The lowest BCUT2D eigenvalue weighted by atomic mass is 10.0. The number of carbonyl (C=O) groups excluding carboxylic acids is 2. The summed E-state index contributed by atoms with van der Waals surface area (Å²) in [5.74, 6) is -0.506. The third-order valence-electron chi connectivity index (χ3n) is 6.76. The molecule has 0 saturated carbocycles. The van der Waals surface area contributed by atoms with Gasteiger partial charge in [0.1, 0.15) is 12.2 Å². The normalized spacial score (nSPS) is 19.9. The van der Waals surface area contributed by atoms with Crippen molar-refractivity contribution in [1.29, 1.82) is 0 Å². The molecule has 1 aliphatic rings. The van der Waals surface area contributed by atoms with Gasteiger partial charge in [-0.3, -0.25) is 9.59 Å². The van der Waals surface area contributed by atoms with Crippen molar-refractivity contribution in [3.8, 4) is 0 Å². The van der Waals surface area contributed by atoms with E-state index in [0.717, 1.165) is 32.1 Å². The molecule has 0 spiro atoms. The molecule has 1 aliphatic heterocycles. The molecule has 0 bridgehead atoms. The molecule has 0 aromatic carbocycles. The highest BCUT2D eigenvalue weighted by Crippen LogP contribution is 2.32. The van der Waals surface area contributed by atoms with Crippen LogP contribution in [0.3, 0.4) is 0 Å². The van der Waals surface area contributed by atoms with E-state index in [1.807, 2.05) is 0 Å². The van der Waals surface area contributed by atoms with Gasteiger partial charge in [0.25, 0.3) is 0 Å². The Balaban J connectivity index is 2.04. The summed E-state index contributed by atoms with van der Waals surface area (Å²) in [5, 5.41) is 9.80. The summed E-state index contributed by atoms with van der Waals surface area (Å²) in [6.07, 6.45) is 19.7. The van der Waals surface area contributed by atoms with Crippen molar-refractivity contribution in [2.45, 2.75) is 148 Å². The van der Waals surface area contributed by atoms with Crippen LogP contribution in [0.15, 0.2) is 0 Å². The monoisotopic (exact) mass is 484 g/mol. The SMILES string of the molecule is CCCCCCCCCCCCCCOC(=O)C[C@@H]1CC[C@@](CO)(COC(=O)CCCCC)O1. The summed E-state index contributed by atoms with van der Waals surface area (Å²) < 4.78 is 16.7. The maximum Gasteiger partial charge on any atom is 0.308 e. The highest BCUT2D eigenvalue weighted by Gasteiger charge is 2.41. The Morgan fingerprint density at radius 3 is 1.94 bits per heavy atom. The average molecular weight is 485 g/mol. The lowest BCUT2D eigenvalue weighted by Crippen LogP contribution is -2.40. The molecule has 1 fully saturated rings. The van der Waals surface area contributed by atoms with Gasteiger partial charge in [-0.2, -0.15) is 0 Å². The maximum absolute atomic E-state index is 12.2. The fraction of sp³-hybridized carbons (Fsp3) is 0.929. The molecule has 6 heteroatoms. The molecule has 1 N–H and O–H groups in total. The van der Waals surface area contributed by atoms with Gasteiger partial charge in [-0.15, -0.1) is 0 Å². The minimum Gasteiger partial charge on any atom is -0.466 e. The van der Waals surface area contributed by atoms with E-state index < -0.39 is 5.60 Å². The van der Waals surface area contributed by atoms with Gasteiger partial charge >= 0.3 is 11.9 Å². The van der Waals surface area contributed by atoms with Crippen LogP contribution < -0.4 is 0 Å². The first-order chi connectivity index (χ1) is 16.5. The molecule has 1 heterocycles. The third-order valence-corrected chi connectivity index (χ3v) is 6.76. The largest absolute Gasteiger partial charge is 0.466 e. The van der Waals surface area contributed by atoms with Crippen LogP contribution >= 0.6 is 0 Å². The molecule has 6 nitrogen and oxygen atoms in total. The summed E-state index contributed by atoms with van der Waals surface area (Å²) >= 11 is 0. The Morgan fingerprint density at radius 2 is 1.35 bits per heavy atom. The number of aliphatic hydroxyl groups excluding tert-OH is 1. The zero-order valence-electron chi connectivity index (χ0n) is 22.1. The molecule has 0 aliphatic carbocycles. The Hall–Kier alpha value is -1.14. The van der Waals surface area contributed by atoms with Gasteiger partial charge in [0.15, 0.2) is 0 Å². The number of aliphatic hydroxyl groups is 1. The second-order valence-electron chi connectivity index (χ2n) is 10.1. The smallest absolute Gasteiger partial charge is 0.308 e. The van der Waals surface area contributed by atoms with E-state index in [0.29, 0.717) is 25.9 Å². The standard InChI is InChI=1S/C28H52O6/c1-3-5-7-8-9-10-11-12-13-14-15-17-21-32-27(31)22-25-19-20-28(23-29,34-25)24-33-26(30)18-16-6-4-2/h25,29H,3-24H2,1-2H3/t25-,28+/m0/s1. The molecular formula is C28H52O6. The summed E-state index contributed by atoms with van der Waals surface area (Å²) in [6, 6.07) is 0. The Kier molecular flexibility index (Phi) is 18.3. The fourth-order valence-electron chi connectivity index (χ4n) is 4.48. The highest BCUT2D eigenvalue weighted by molar-refractivity contribution is 5.70. The third kappa shape index (κ3) is 15.0. The van der Waals surface area contributed by atoms with Crippen LogP contribution in [-0.4, -0.2) is 48.6 Å². The van der Waals surface area contributed by atoms with Crippen molar-refractivity contribution >= 4 is 11.9 Å². The molecule has 0 unspecified atom stereocenters. The van der Waals surface area contributed by atoms with Crippen molar-refractivity contribution in [1.82, 2.24) is 0 Å². The minimum absolute atomic E-state index is 0.0405. The first-order valence-corrected chi connectivity index (χ1v) is 14.1. The summed E-state index contributed by atoms with van der Waals surface area (Å²) in [5.41, 5.74) is -0.888. The molecule has 0 aromatic rings. The number of unbranched alkanes of at least 4 members (excludes halogenated alkanes) is 13. The predicted octanol–water partition coefficient (Wildman–Crippen LogP) is 6.65. The molecule has 34 heavy (non-hydrogen) atoms. The Morgan fingerprint density at radius 1 is 0.794 bits per heavy atom. The molecule has 1 rings (SSSR count). The average Bonchev–Trinajstić information content (AvgIpc) is 3.24. The predicted molar refractivity (Wildman–Crippen MR) is 136 cm³/mol. The van der Waals surface area contributed by atoms with Crippen molar-refractivity contribution in [2.75, 3.05) is 19.8 Å². The molecule has 0 radical (unpaired) electrons. The number of ether oxygens (including phenoxy) is 3. The van der Waals surface area contributed by atoms with Crippen LogP contribution in [0.25, 0.3) is 0 Å². The lowest BCUT2D eigenvalue weighted by molar-refractivity contribution is -0.163. The van der Waals surface area contributed by atoms with E-state index in [2.05, 4.69) is 13.8 Å². The molecule has 2 atom stereocenters. The number of hydrogen-bond acceptors (Lipinski definition) is 6. The van der Waals surface area contributed by atoms with Crippen LogP contribution in [0, 0.1) is 0 Å². The van der Waals surface area contributed by atoms with Crippen LogP contribution in [0.5, 0.6) is 0 Å². The molecular weight excluding hydrogens is 432 g/mol. The van der Waals surface area contributed by atoms with Crippen LogP contribution in [0.4, 0.5) is 0 Å². The van der Waals surface area contributed by atoms with Gasteiger partial charge in [0.2, 0.25) is 0 Å². The maximum atomic E-state index is 12.2. The minimum atomic E-state index is -0.888. The summed E-state index contributed by atoms with van der Waals surface area (Å²) in [7, 11) is 0. The van der Waals surface area contributed by atoms with Crippen molar-refractivity contribution < 1.29 is 28.9 Å². The molecule has 0 amide bonds. The van der Waals surface area contributed by atoms with Crippen LogP contribution in [0.1, 0.15) is 136 Å². The Bertz CT molecular complexity index is 523. The van der Waals surface area contributed by atoms with Crippen molar-refractivity contribution in [3.63, 3.8) is 0 Å². The summed E-state index contributed by atoms with van der Waals surface area (Å²) in [6.45, 7) is 4.62. The second kappa shape index (κ2) is 20.1. The van der Waals surface area contributed by atoms with Gasteiger partial charge in [0, 0.05) is 6.42 Å². The van der Waals surface area contributed by atoms with E-state index in [9.17, 15) is 14.7 Å². The summed E-state index contributed by atoms with van der Waals surface area (Å²) in [4.78, 5) is 24.0. The number of rotatable bonds is 22. The number of hydrogen-bond donors (Lipinski definition) is 1. The van der Waals surface area contributed by atoms with Gasteiger partial charge in [-0.25, -0.2) is 0 Å². The topological polar surface area (TPSA) is 82.1 Å². The quantitative estimate of drug-likeness (QED) is 0.137. The number of carbonyl (C=O) groups is 2. The zero-order valence-corrected chi connectivity index (χ0v) is 22.1. The number of esters is 2. The van der Waals surface area contributed by atoms with E-state index in [1.165, 1.54) is 64.2 Å². The lowest BCUT2D eigenvalue weighted by Gasteiger charge is -2.26. The first-order valence-electron chi connectivity index (χ1n) is 14.1. The van der Waals surface area contributed by atoms with Gasteiger partial charge < -0.3 is 19.3 Å². The molecule has 200 valence electrons. The van der Waals surface area contributed by atoms with Crippen molar-refractivity contribution in [2.24, 2.45) is 0 Å². The second-order valence-corrected chi connectivity index (χ2v) is 10.1. The molecule has 1 saturated heterocycles. The van der Waals surface area contributed by atoms with E-state index in [1.54, 1.807) is 0 Å². The van der Waals surface area contributed by atoms with Crippen LogP contribution in [-0.2, 0) is 23.8 Å². The van der Waals surface area contributed by atoms with E-state index in [-0.39, 0.29) is 37.7 Å². The molecule has 0 aromatic heterocycles. The highest BCUT2D eigenvalue weighted by atomic mass is 16.6. The fourth-order valence-corrected chi connectivity index (χ4v) is 4.48.